The van der Waals surface area contributed by atoms with Crippen molar-refractivity contribution in [2.45, 2.75) is 32.1 Å². The van der Waals surface area contributed by atoms with Gasteiger partial charge in [0.25, 0.3) is 5.56 Å². The SMILES string of the molecule is CCn1nc(C)c2nc(SCC(=O)Nc3ccc(OC)cc3)n(Cc3ccco3)c(=O)c21. The van der Waals surface area contributed by atoms with Crippen LogP contribution in [-0.2, 0) is 17.9 Å². The van der Waals surface area contributed by atoms with Gasteiger partial charge in [0.1, 0.15) is 17.0 Å². The number of hydrogen-bond donors (Lipinski definition) is 1. The van der Waals surface area contributed by atoms with E-state index in [0.29, 0.717) is 45.6 Å². The number of amides is 1. The van der Waals surface area contributed by atoms with Crippen LogP contribution in [0.2, 0.25) is 0 Å². The molecule has 3 heterocycles. The van der Waals surface area contributed by atoms with Gasteiger partial charge in [-0.15, -0.1) is 0 Å². The van der Waals surface area contributed by atoms with Crippen molar-refractivity contribution in [2.24, 2.45) is 0 Å². The number of aryl methyl sites for hydroxylation is 2. The van der Waals surface area contributed by atoms with Crippen molar-refractivity contribution in [1.82, 2.24) is 19.3 Å². The number of benzene rings is 1. The van der Waals surface area contributed by atoms with Crippen molar-refractivity contribution >= 4 is 34.4 Å². The number of ether oxygens (including phenoxy) is 1. The van der Waals surface area contributed by atoms with Gasteiger partial charge in [-0.2, -0.15) is 5.10 Å². The van der Waals surface area contributed by atoms with E-state index in [-0.39, 0.29) is 23.8 Å². The third kappa shape index (κ3) is 4.40. The van der Waals surface area contributed by atoms with E-state index in [9.17, 15) is 9.59 Å². The van der Waals surface area contributed by atoms with Gasteiger partial charge in [0, 0.05) is 12.2 Å². The summed E-state index contributed by atoms with van der Waals surface area (Å²) in [7, 11) is 1.59. The lowest BCUT2D eigenvalue weighted by molar-refractivity contribution is -0.113. The van der Waals surface area contributed by atoms with E-state index in [1.807, 2.05) is 13.8 Å². The number of hydrogen-bond acceptors (Lipinski definition) is 7. The second kappa shape index (κ2) is 9.31. The van der Waals surface area contributed by atoms with E-state index in [4.69, 9.17) is 14.1 Å². The molecule has 9 nitrogen and oxygen atoms in total. The minimum atomic E-state index is -0.216. The van der Waals surface area contributed by atoms with Crippen molar-refractivity contribution < 1.29 is 13.9 Å². The number of methoxy groups -OCH3 is 1. The topological polar surface area (TPSA) is 104 Å². The second-order valence-electron chi connectivity index (χ2n) is 7.03. The number of fused-ring (bicyclic) bond motifs is 1. The minimum Gasteiger partial charge on any atom is -0.497 e. The molecule has 4 rings (SSSR count). The summed E-state index contributed by atoms with van der Waals surface area (Å²) in [5.41, 5.74) is 2.11. The quantitative estimate of drug-likeness (QED) is 0.322. The number of rotatable bonds is 8. The normalized spacial score (nSPS) is 11.1. The number of furan rings is 1. The predicted molar refractivity (Wildman–Crippen MR) is 122 cm³/mol. The maximum absolute atomic E-state index is 13.4. The van der Waals surface area contributed by atoms with Gasteiger partial charge in [0.05, 0.1) is 31.4 Å². The predicted octanol–water partition coefficient (Wildman–Crippen LogP) is 3.30. The van der Waals surface area contributed by atoms with Crippen LogP contribution >= 0.6 is 11.8 Å². The van der Waals surface area contributed by atoms with Gasteiger partial charge in [-0.05, 0) is 50.2 Å². The van der Waals surface area contributed by atoms with Gasteiger partial charge in [-0.3, -0.25) is 18.8 Å². The Kier molecular flexibility index (Phi) is 6.31. The third-order valence-electron chi connectivity index (χ3n) is 4.88. The van der Waals surface area contributed by atoms with E-state index >= 15 is 0 Å². The molecule has 3 aromatic heterocycles. The largest absolute Gasteiger partial charge is 0.497 e. The number of carbonyl (C=O) groups excluding carboxylic acids is 1. The Morgan fingerprint density at radius 2 is 2.03 bits per heavy atom. The summed E-state index contributed by atoms with van der Waals surface area (Å²) in [5.74, 6) is 1.21. The zero-order valence-corrected chi connectivity index (χ0v) is 18.8. The molecule has 1 amide bonds. The lowest BCUT2D eigenvalue weighted by Crippen LogP contribution is -2.26. The molecule has 0 saturated heterocycles. The van der Waals surface area contributed by atoms with Crippen LogP contribution in [0.15, 0.2) is 57.0 Å². The number of aromatic nitrogens is 4. The van der Waals surface area contributed by atoms with E-state index < -0.39 is 0 Å². The molecule has 0 unspecified atom stereocenters. The summed E-state index contributed by atoms with van der Waals surface area (Å²) < 4.78 is 13.7. The van der Waals surface area contributed by atoms with Crippen molar-refractivity contribution in [3.63, 3.8) is 0 Å². The molecule has 0 radical (unpaired) electrons. The van der Waals surface area contributed by atoms with Crippen molar-refractivity contribution in [3.05, 3.63) is 64.5 Å². The molecule has 1 N–H and O–H groups in total. The second-order valence-corrected chi connectivity index (χ2v) is 7.97. The molecule has 0 bridgehead atoms. The summed E-state index contributed by atoms with van der Waals surface area (Å²) in [6, 6.07) is 10.6. The summed E-state index contributed by atoms with van der Waals surface area (Å²) in [4.78, 5) is 30.6. The lowest BCUT2D eigenvalue weighted by Gasteiger charge is -2.12. The molecule has 10 heteroatoms. The van der Waals surface area contributed by atoms with Crippen molar-refractivity contribution in [2.75, 3.05) is 18.2 Å². The molecule has 0 aliphatic rings. The maximum Gasteiger partial charge on any atom is 0.280 e. The van der Waals surface area contributed by atoms with Gasteiger partial charge in [-0.25, -0.2) is 4.98 Å². The highest BCUT2D eigenvalue weighted by atomic mass is 32.2. The molecule has 4 aromatic rings. The fraction of sp³-hybridized carbons (Fsp3) is 0.273. The molecule has 0 fully saturated rings. The fourth-order valence-electron chi connectivity index (χ4n) is 3.33. The van der Waals surface area contributed by atoms with E-state index in [1.54, 1.807) is 54.5 Å². The fourth-order valence-corrected chi connectivity index (χ4v) is 4.12. The van der Waals surface area contributed by atoms with E-state index in [1.165, 1.54) is 16.3 Å². The van der Waals surface area contributed by atoms with Crippen molar-refractivity contribution in [3.8, 4) is 5.75 Å². The average Bonchev–Trinajstić information content (AvgIpc) is 3.42. The monoisotopic (exact) mass is 453 g/mol. The standard InChI is InChI=1S/C22H23N5O4S/c1-4-27-20-19(14(2)25-27)24-22(26(21(20)29)12-17-6-5-11-31-17)32-13-18(28)23-15-7-9-16(30-3)10-8-15/h5-11H,4,12-13H2,1-3H3,(H,23,28). The summed E-state index contributed by atoms with van der Waals surface area (Å²) in [6.07, 6.45) is 1.56. The summed E-state index contributed by atoms with van der Waals surface area (Å²) in [6.45, 7) is 4.51. The Morgan fingerprint density at radius 3 is 2.69 bits per heavy atom. The van der Waals surface area contributed by atoms with Crippen LogP contribution < -0.4 is 15.6 Å². The van der Waals surface area contributed by atoms with Crippen LogP contribution in [0.25, 0.3) is 11.0 Å². The molecule has 0 aliphatic carbocycles. The van der Waals surface area contributed by atoms with Crippen LogP contribution in [0.5, 0.6) is 5.75 Å². The molecule has 0 saturated carbocycles. The third-order valence-corrected chi connectivity index (χ3v) is 5.86. The number of thioether (sulfide) groups is 1. The molecule has 0 aliphatic heterocycles. The molecule has 1 aromatic carbocycles. The van der Waals surface area contributed by atoms with Crippen LogP contribution in [-0.4, -0.2) is 38.1 Å². The number of nitrogens with zero attached hydrogens (tertiary/aromatic N) is 4. The van der Waals surface area contributed by atoms with Crippen LogP contribution in [0.1, 0.15) is 18.4 Å². The van der Waals surface area contributed by atoms with Crippen LogP contribution in [0.3, 0.4) is 0 Å². The minimum absolute atomic E-state index is 0.0864. The Balaban J connectivity index is 1.62. The van der Waals surface area contributed by atoms with E-state index in [2.05, 4.69) is 10.4 Å². The summed E-state index contributed by atoms with van der Waals surface area (Å²) >= 11 is 1.19. The van der Waals surface area contributed by atoms with Crippen LogP contribution in [0.4, 0.5) is 5.69 Å². The van der Waals surface area contributed by atoms with E-state index in [0.717, 1.165) is 0 Å². The Morgan fingerprint density at radius 1 is 1.25 bits per heavy atom. The Bertz CT molecular complexity index is 1290. The molecular formula is C22H23N5O4S. The Labute approximate surface area is 188 Å². The highest BCUT2D eigenvalue weighted by Crippen LogP contribution is 2.22. The first kappa shape index (κ1) is 21.7. The first-order valence-electron chi connectivity index (χ1n) is 10.1. The average molecular weight is 454 g/mol. The molecular weight excluding hydrogens is 430 g/mol. The number of carbonyl (C=O) groups is 1. The lowest BCUT2D eigenvalue weighted by atomic mass is 10.3. The first-order chi connectivity index (χ1) is 15.5. The molecule has 32 heavy (non-hydrogen) atoms. The maximum atomic E-state index is 13.4. The zero-order chi connectivity index (χ0) is 22.7. The zero-order valence-electron chi connectivity index (χ0n) is 18.0. The number of anilines is 1. The van der Waals surface area contributed by atoms with Gasteiger partial charge in [0.2, 0.25) is 5.91 Å². The van der Waals surface area contributed by atoms with Gasteiger partial charge in [-0.1, -0.05) is 11.8 Å². The molecule has 0 atom stereocenters. The highest BCUT2D eigenvalue weighted by molar-refractivity contribution is 7.99. The van der Waals surface area contributed by atoms with Gasteiger partial charge >= 0.3 is 0 Å². The number of nitrogens with one attached hydrogen (secondary N) is 1. The summed E-state index contributed by atoms with van der Waals surface area (Å²) in [5, 5.41) is 7.70. The molecule has 166 valence electrons. The van der Waals surface area contributed by atoms with Crippen molar-refractivity contribution in [1.29, 1.82) is 0 Å². The van der Waals surface area contributed by atoms with Gasteiger partial charge in [0.15, 0.2) is 10.7 Å². The Hall–Kier alpha value is -3.53. The highest BCUT2D eigenvalue weighted by Gasteiger charge is 2.19. The first-order valence-corrected chi connectivity index (χ1v) is 11.1. The van der Waals surface area contributed by atoms with Gasteiger partial charge < -0.3 is 14.5 Å². The van der Waals surface area contributed by atoms with Crippen LogP contribution in [0, 0.1) is 6.92 Å². The molecule has 0 spiro atoms. The smallest absolute Gasteiger partial charge is 0.280 e.